The molecule has 1 N–H and O–H groups in total. The third kappa shape index (κ3) is 6.71. The summed E-state index contributed by atoms with van der Waals surface area (Å²) in [4.78, 5) is 29.8. The van der Waals surface area contributed by atoms with Gasteiger partial charge in [0.25, 0.3) is 11.8 Å². The molecule has 10 nitrogen and oxygen atoms in total. The zero-order chi connectivity index (χ0) is 35.2. The Bertz CT molecular complexity index is 1960. The third-order valence-electron chi connectivity index (χ3n) is 11.0. The quantitative estimate of drug-likeness (QED) is 0.306. The topological polar surface area (TPSA) is 115 Å². The molecule has 50 heavy (non-hydrogen) atoms. The lowest BCUT2D eigenvalue weighted by molar-refractivity contribution is 0.0134. The van der Waals surface area contributed by atoms with E-state index >= 15 is 0 Å². The highest BCUT2D eigenvalue weighted by Gasteiger charge is 2.45. The molecule has 2 aromatic carbocycles. The van der Waals surface area contributed by atoms with Gasteiger partial charge in [0.1, 0.15) is 22.3 Å². The molecule has 1 fully saturated rings. The first-order valence-corrected chi connectivity index (χ1v) is 20.2. The summed E-state index contributed by atoms with van der Waals surface area (Å²) in [7, 11) is -0.138. The highest BCUT2D eigenvalue weighted by Crippen LogP contribution is 2.49. The molecule has 1 spiro atoms. The average Bonchev–Trinajstić information content (AvgIpc) is 3.47. The summed E-state index contributed by atoms with van der Waals surface area (Å²) < 4.78 is 35.6. The fraction of sp³-hybridized carbons (Fsp3) is 0.486. The summed E-state index contributed by atoms with van der Waals surface area (Å²) in [6.45, 7) is 5.65. The van der Waals surface area contributed by atoms with Gasteiger partial charge in [0, 0.05) is 44.0 Å². The van der Waals surface area contributed by atoms with Gasteiger partial charge in [-0.05, 0) is 97.6 Å². The number of hydrogen-bond donors (Lipinski definition) is 1. The number of aryl methyl sites for hydroxylation is 2. The van der Waals surface area contributed by atoms with E-state index in [-0.39, 0.29) is 27.9 Å². The molecule has 13 heteroatoms. The number of ether oxygens (including phenoxy) is 2. The molecule has 1 saturated carbocycles. The Balaban J connectivity index is 1.33. The number of amides is 2. The number of anilines is 1. The molecule has 266 valence electrons. The van der Waals surface area contributed by atoms with Crippen LogP contribution in [0.5, 0.6) is 5.75 Å². The Kier molecular flexibility index (Phi) is 9.83. The number of carbonyl (C=O) groups excluding carboxylic acids is 2. The molecular weight excluding hydrogens is 694 g/mol. The number of nitrogens with zero attached hydrogens (tertiary/aromatic N) is 4. The number of rotatable bonds is 3. The fourth-order valence-electron chi connectivity index (χ4n) is 7.69. The number of thioether (sulfide) groups is 1. The Morgan fingerprint density at radius 2 is 2.04 bits per heavy atom. The Morgan fingerprint density at radius 1 is 1.20 bits per heavy atom. The van der Waals surface area contributed by atoms with Crippen molar-refractivity contribution in [2.75, 3.05) is 37.5 Å². The number of fused-ring (bicyclic) bond motifs is 4. The molecular formula is C37H44ClN5O5S2. The van der Waals surface area contributed by atoms with Crippen LogP contribution >= 0.6 is 23.4 Å². The number of hydrogen-bond acceptors (Lipinski definition) is 8. The molecule has 1 aliphatic carbocycles. The lowest BCUT2D eigenvalue weighted by Crippen LogP contribution is -2.48. The van der Waals surface area contributed by atoms with E-state index < -0.39 is 27.0 Å². The molecule has 2 bridgehead atoms. The van der Waals surface area contributed by atoms with E-state index in [1.807, 2.05) is 36.9 Å². The minimum atomic E-state index is -3.60. The Morgan fingerprint density at radius 3 is 2.78 bits per heavy atom. The highest BCUT2D eigenvalue weighted by atomic mass is 35.5. The minimum Gasteiger partial charge on any atom is -0.490 e. The summed E-state index contributed by atoms with van der Waals surface area (Å²) in [5, 5.41) is 4.15. The van der Waals surface area contributed by atoms with Crippen molar-refractivity contribution in [1.82, 2.24) is 14.5 Å². The number of aromatic nitrogens is 2. The van der Waals surface area contributed by atoms with Crippen molar-refractivity contribution in [3.63, 3.8) is 0 Å². The minimum absolute atomic E-state index is 0.0695. The van der Waals surface area contributed by atoms with Crippen molar-refractivity contribution < 1.29 is 23.3 Å². The van der Waals surface area contributed by atoms with Gasteiger partial charge in [-0.3, -0.25) is 19.0 Å². The van der Waals surface area contributed by atoms with Crippen LogP contribution < -0.4 is 14.4 Å². The predicted octanol–water partition coefficient (Wildman–Crippen LogP) is 6.44. The third-order valence-corrected chi connectivity index (χ3v) is 15.0. The number of nitrogens with one attached hydrogen (secondary N) is 1. The lowest BCUT2D eigenvalue weighted by Gasteiger charge is -2.45. The zero-order valence-corrected chi connectivity index (χ0v) is 31.2. The molecule has 7 atom stereocenters. The smallest absolute Gasteiger partial charge is 0.286 e. The van der Waals surface area contributed by atoms with Crippen LogP contribution in [-0.2, 0) is 32.9 Å². The van der Waals surface area contributed by atoms with Crippen molar-refractivity contribution >= 4 is 50.8 Å². The first kappa shape index (κ1) is 35.1. The largest absolute Gasteiger partial charge is 0.490 e. The van der Waals surface area contributed by atoms with Crippen LogP contribution in [0.4, 0.5) is 5.69 Å². The second-order valence-electron chi connectivity index (χ2n) is 14.1. The lowest BCUT2D eigenvalue weighted by atomic mass is 9.70. The second kappa shape index (κ2) is 14.0. The SMILES string of the molecule is CO[C@H]1/C=C\C[C@H](C)[C@@H](C)S(=O)(NC(=O)c2cnn(C)c2)=NC(=O)c2ccc3c(c2)N(C[C@@H]2CC[C@H]21)C[C@]1(CO3)SCCc2cc(Cl)ccc21. The van der Waals surface area contributed by atoms with E-state index in [1.165, 1.54) is 28.2 Å². The van der Waals surface area contributed by atoms with Gasteiger partial charge in [-0.15, -0.1) is 16.1 Å². The summed E-state index contributed by atoms with van der Waals surface area (Å²) >= 11 is 8.36. The van der Waals surface area contributed by atoms with Gasteiger partial charge in [-0.25, -0.2) is 4.21 Å². The van der Waals surface area contributed by atoms with Gasteiger partial charge in [0.05, 0.1) is 33.5 Å². The Hall–Kier alpha value is -3.32. The van der Waals surface area contributed by atoms with Gasteiger partial charge in [0.15, 0.2) is 0 Å². The maximum atomic E-state index is 14.7. The van der Waals surface area contributed by atoms with Crippen molar-refractivity contribution in [3.05, 3.63) is 88.2 Å². The van der Waals surface area contributed by atoms with Gasteiger partial charge in [0.2, 0.25) is 0 Å². The van der Waals surface area contributed by atoms with Crippen LogP contribution in [0.3, 0.4) is 0 Å². The monoisotopic (exact) mass is 737 g/mol. The summed E-state index contributed by atoms with van der Waals surface area (Å²) in [5.41, 5.74) is 3.80. The van der Waals surface area contributed by atoms with E-state index in [0.717, 1.165) is 42.3 Å². The summed E-state index contributed by atoms with van der Waals surface area (Å²) in [6.07, 6.45) is 10.7. The van der Waals surface area contributed by atoms with E-state index in [0.29, 0.717) is 37.2 Å². The molecule has 7 rings (SSSR count). The normalized spacial score (nSPS) is 31.7. The van der Waals surface area contributed by atoms with Gasteiger partial charge in [-0.2, -0.15) is 5.10 Å². The van der Waals surface area contributed by atoms with Crippen LogP contribution in [0.2, 0.25) is 5.02 Å². The Labute approximate surface area is 303 Å². The number of methoxy groups -OCH3 is 1. The van der Waals surface area contributed by atoms with Gasteiger partial charge < -0.3 is 14.4 Å². The zero-order valence-electron chi connectivity index (χ0n) is 28.8. The van der Waals surface area contributed by atoms with Crippen molar-refractivity contribution in [2.24, 2.45) is 29.2 Å². The standard InChI is InChI=1S/C37H44ClN5O5S2/c1-23-6-5-7-33(47-4)30-11-8-27(30)20-43-21-37(31-12-10-29(38)16-25(31)14-15-49-37)22-48-34-13-9-26(17-32(34)43)35(44)40-50(46,24(23)2)41-36(45)28-18-39-42(3)19-28/h5,7,9-10,12-13,16-19,23-24,27,30,33H,6,8,11,14-15,20-22H2,1-4H3,(H,40,41,44,45,46)/b7-5-/t23-,24+,27-,30+,33-,37+,50?/m0/s1. The molecule has 1 unspecified atom stereocenters. The first-order valence-electron chi connectivity index (χ1n) is 17.2. The van der Waals surface area contributed by atoms with Crippen LogP contribution in [0.25, 0.3) is 0 Å². The molecule has 3 aromatic rings. The number of halogens is 1. The maximum Gasteiger partial charge on any atom is 0.286 e. The highest BCUT2D eigenvalue weighted by molar-refractivity contribution is 8.00. The second-order valence-corrected chi connectivity index (χ2v) is 18.3. The van der Waals surface area contributed by atoms with Crippen LogP contribution in [0, 0.1) is 17.8 Å². The van der Waals surface area contributed by atoms with E-state index in [1.54, 1.807) is 27.1 Å². The van der Waals surface area contributed by atoms with Crippen molar-refractivity contribution in [1.29, 1.82) is 0 Å². The van der Waals surface area contributed by atoms with Gasteiger partial charge >= 0.3 is 0 Å². The van der Waals surface area contributed by atoms with E-state index in [9.17, 15) is 13.8 Å². The van der Waals surface area contributed by atoms with Crippen LogP contribution in [0.1, 0.15) is 65.0 Å². The first-order chi connectivity index (χ1) is 24.0. The molecule has 4 heterocycles. The maximum absolute atomic E-state index is 14.7. The number of carbonyl (C=O) groups is 2. The molecule has 3 aliphatic heterocycles. The molecule has 0 saturated heterocycles. The summed E-state index contributed by atoms with van der Waals surface area (Å²) in [6, 6.07) is 11.5. The molecule has 2 amide bonds. The number of allylic oxidation sites excluding steroid dienone is 1. The van der Waals surface area contributed by atoms with Crippen molar-refractivity contribution in [2.45, 2.75) is 55.6 Å². The van der Waals surface area contributed by atoms with Crippen molar-refractivity contribution in [3.8, 4) is 5.75 Å². The fourth-order valence-corrected chi connectivity index (χ4v) is 11.2. The number of benzene rings is 2. The molecule has 1 aromatic heterocycles. The van der Waals surface area contributed by atoms with Crippen LogP contribution in [-0.4, -0.2) is 69.7 Å². The van der Waals surface area contributed by atoms with Crippen LogP contribution in [0.15, 0.2) is 65.3 Å². The summed E-state index contributed by atoms with van der Waals surface area (Å²) in [5.74, 6) is 0.907. The molecule has 4 aliphatic rings. The average molecular weight is 738 g/mol. The van der Waals surface area contributed by atoms with E-state index in [2.05, 4.69) is 43.4 Å². The van der Waals surface area contributed by atoms with E-state index in [4.69, 9.17) is 21.1 Å². The van der Waals surface area contributed by atoms with Gasteiger partial charge in [-0.1, -0.05) is 36.7 Å². The molecule has 0 radical (unpaired) electrons. The predicted molar refractivity (Wildman–Crippen MR) is 198 cm³/mol.